The summed E-state index contributed by atoms with van der Waals surface area (Å²) in [7, 11) is -4.48. The van der Waals surface area contributed by atoms with Crippen LogP contribution in [0.15, 0.2) is 29.4 Å². The molecule has 0 radical (unpaired) electrons. The third-order valence-corrected chi connectivity index (χ3v) is 2.27. The molecular weight excluding hydrogens is 247 g/mol. The topological polar surface area (TPSA) is 149 Å². The number of nitrogens with one attached hydrogen (secondary N) is 1. The third-order valence-electron chi connectivity index (χ3n) is 1.60. The molecule has 1 heterocycles. The molecule has 0 aliphatic carbocycles. The zero-order chi connectivity index (χ0) is 9.47. The van der Waals surface area contributed by atoms with Crippen molar-refractivity contribution in [3.8, 4) is 0 Å². The van der Waals surface area contributed by atoms with E-state index >= 15 is 0 Å². The molecule has 1 aromatic carbocycles. The number of H-pyrrole nitrogens is 1. The minimum atomic E-state index is -4.48. The monoisotopic (exact) mass is 256 g/mol. The molecule has 0 unspecified atom stereocenters. The molecule has 0 spiro atoms. The molecule has 0 fully saturated rings. The minimum absolute atomic E-state index is 0. The van der Waals surface area contributed by atoms with E-state index in [9.17, 15) is 13.0 Å². The van der Waals surface area contributed by atoms with Crippen molar-refractivity contribution in [2.24, 2.45) is 0 Å². The van der Waals surface area contributed by atoms with Crippen LogP contribution in [-0.2, 0) is 10.1 Å². The van der Waals surface area contributed by atoms with Gasteiger partial charge in [-0.3, -0.25) is 0 Å². The number of hydrogen-bond acceptors (Lipinski definition) is 4. The van der Waals surface area contributed by atoms with Crippen molar-refractivity contribution in [1.29, 1.82) is 0 Å². The van der Waals surface area contributed by atoms with Crippen molar-refractivity contribution in [2.75, 3.05) is 0 Å². The standard InChI is InChI=1S/C7H6N2O3S.Na.2H2O/c10-13(11,12)7-8-5-3-1-2-4-6(5)9-7;;;/h1-4H,(H,8,9)(H,10,11,12);;2*1H2/q;+1;;/p-1. The van der Waals surface area contributed by atoms with Crippen LogP contribution in [0.5, 0.6) is 0 Å². The maximum Gasteiger partial charge on any atom is 1.00 e. The molecule has 16 heavy (non-hydrogen) atoms. The van der Waals surface area contributed by atoms with Crippen LogP contribution in [0.3, 0.4) is 0 Å². The van der Waals surface area contributed by atoms with Gasteiger partial charge in [0.05, 0.1) is 11.0 Å². The van der Waals surface area contributed by atoms with Crippen molar-refractivity contribution in [3.05, 3.63) is 24.3 Å². The average Bonchev–Trinajstić information content (AvgIpc) is 2.45. The maximum absolute atomic E-state index is 10.6. The molecular formula is C7H9N2NaO5S. The molecule has 0 saturated carbocycles. The zero-order valence-electron chi connectivity index (χ0n) is 8.39. The Balaban J connectivity index is 0. The van der Waals surface area contributed by atoms with Crippen LogP contribution in [0.4, 0.5) is 0 Å². The van der Waals surface area contributed by atoms with E-state index in [1.54, 1.807) is 24.3 Å². The Hall–Kier alpha value is -0.480. The predicted octanol–water partition coefficient (Wildman–Crippen LogP) is -4.18. The summed E-state index contributed by atoms with van der Waals surface area (Å²) in [5, 5.41) is -0.534. The zero-order valence-corrected chi connectivity index (χ0v) is 11.2. The maximum atomic E-state index is 10.6. The number of para-hydroxylation sites is 2. The van der Waals surface area contributed by atoms with Gasteiger partial charge in [-0.2, -0.15) is 0 Å². The summed E-state index contributed by atoms with van der Waals surface area (Å²) in [6.07, 6.45) is 0. The van der Waals surface area contributed by atoms with Gasteiger partial charge in [0, 0.05) is 0 Å². The molecule has 0 bridgehead atoms. The van der Waals surface area contributed by atoms with Crippen LogP contribution >= 0.6 is 0 Å². The SMILES string of the molecule is O.O.O=S(=O)([O-])c1nc2ccccc2[nH]1.[Na+]. The number of benzene rings is 1. The largest absolute Gasteiger partial charge is 1.00 e. The Morgan fingerprint density at radius 3 is 2.25 bits per heavy atom. The van der Waals surface area contributed by atoms with Crippen molar-refractivity contribution in [3.63, 3.8) is 0 Å². The first kappa shape index (κ1) is 17.9. The van der Waals surface area contributed by atoms with Crippen molar-refractivity contribution in [1.82, 2.24) is 9.97 Å². The average molecular weight is 256 g/mol. The second kappa shape index (κ2) is 6.30. The summed E-state index contributed by atoms with van der Waals surface area (Å²) in [6, 6.07) is 6.71. The Labute approximate surface area is 114 Å². The first-order valence-electron chi connectivity index (χ1n) is 3.48. The number of aromatic amines is 1. The second-order valence-electron chi connectivity index (χ2n) is 2.51. The molecule has 0 saturated heterocycles. The van der Waals surface area contributed by atoms with Crippen LogP contribution in [0.1, 0.15) is 0 Å². The number of fused-ring (bicyclic) bond motifs is 1. The van der Waals surface area contributed by atoms with E-state index in [1.165, 1.54) is 0 Å². The summed E-state index contributed by atoms with van der Waals surface area (Å²) in [5.41, 5.74) is 1.01. The van der Waals surface area contributed by atoms with Crippen LogP contribution in [0, 0.1) is 0 Å². The molecule has 1 aromatic heterocycles. The van der Waals surface area contributed by atoms with Gasteiger partial charge in [0.15, 0.2) is 10.1 Å². The molecule has 7 nitrogen and oxygen atoms in total. The summed E-state index contributed by atoms with van der Waals surface area (Å²) >= 11 is 0. The molecule has 9 heteroatoms. The quantitative estimate of drug-likeness (QED) is 0.406. The van der Waals surface area contributed by atoms with Crippen molar-refractivity contribution >= 4 is 21.2 Å². The molecule has 2 aromatic rings. The fraction of sp³-hybridized carbons (Fsp3) is 0. The summed E-state index contributed by atoms with van der Waals surface area (Å²) in [4.78, 5) is 6.05. The van der Waals surface area contributed by atoms with Crippen LogP contribution < -0.4 is 29.6 Å². The normalized spacial score (nSPS) is 9.81. The van der Waals surface area contributed by atoms with E-state index in [4.69, 9.17) is 0 Å². The number of rotatable bonds is 1. The summed E-state index contributed by atoms with van der Waals surface area (Å²) in [6.45, 7) is 0. The first-order valence-corrected chi connectivity index (χ1v) is 4.89. The van der Waals surface area contributed by atoms with Gasteiger partial charge in [-0.05, 0) is 12.1 Å². The second-order valence-corrected chi connectivity index (χ2v) is 3.81. The molecule has 0 amide bonds. The van der Waals surface area contributed by atoms with E-state index < -0.39 is 15.3 Å². The third kappa shape index (κ3) is 3.52. The van der Waals surface area contributed by atoms with Crippen LogP contribution in [0.25, 0.3) is 11.0 Å². The van der Waals surface area contributed by atoms with E-state index in [0.717, 1.165) is 0 Å². The van der Waals surface area contributed by atoms with Crippen molar-refractivity contribution in [2.45, 2.75) is 5.16 Å². The molecule has 84 valence electrons. The van der Waals surface area contributed by atoms with Gasteiger partial charge in [-0.15, -0.1) is 0 Å². The Morgan fingerprint density at radius 2 is 1.75 bits per heavy atom. The summed E-state index contributed by atoms with van der Waals surface area (Å²) < 4.78 is 31.7. The Bertz CT molecular complexity index is 520. The van der Waals surface area contributed by atoms with E-state index in [0.29, 0.717) is 11.0 Å². The fourth-order valence-corrected chi connectivity index (χ4v) is 1.49. The van der Waals surface area contributed by atoms with E-state index in [2.05, 4.69) is 9.97 Å². The fourth-order valence-electron chi connectivity index (χ4n) is 1.05. The minimum Gasteiger partial charge on any atom is -0.742 e. The van der Waals surface area contributed by atoms with Gasteiger partial charge < -0.3 is 20.5 Å². The molecule has 2 rings (SSSR count). The van der Waals surface area contributed by atoms with Gasteiger partial charge in [-0.1, -0.05) is 12.1 Å². The number of imidazole rings is 1. The number of aromatic nitrogens is 2. The van der Waals surface area contributed by atoms with E-state index in [-0.39, 0.29) is 40.5 Å². The van der Waals surface area contributed by atoms with Crippen LogP contribution in [-0.4, -0.2) is 33.9 Å². The molecule has 0 atom stereocenters. The van der Waals surface area contributed by atoms with Gasteiger partial charge in [0.2, 0.25) is 5.16 Å². The van der Waals surface area contributed by atoms with Gasteiger partial charge in [0.1, 0.15) is 0 Å². The number of hydrogen-bond donors (Lipinski definition) is 1. The number of nitrogens with zero attached hydrogens (tertiary/aromatic N) is 1. The Kier molecular flexibility index (Phi) is 7.05. The van der Waals surface area contributed by atoms with Gasteiger partial charge >= 0.3 is 29.6 Å². The molecule has 0 aliphatic rings. The molecule has 5 N–H and O–H groups in total. The van der Waals surface area contributed by atoms with Crippen LogP contribution in [0.2, 0.25) is 0 Å². The molecule has 0 aliphatic heterocycles. The van der Waals surface area contributed by atoms with E-state index in [1.807, 2.05) is 0 Å². The first-order chi connectivity index (χ1) is 6.07. The van der Waals surface area contributed by atoms with Gasteiger partial charge in [-0.25, -0.2) is 13.4 Å². The van der Waals surface area contributed by atoms with Crippen molar-refractivity contribution < 1.29 is 53.5 Å². The predicted molar refractivity (Wildman–Crippen MR) is 51.3 cm³/mol. The summed E-state index contributed by atoms with van der Waals surface area (Å²) in [5.74, 6) is 0. The van der Waals surface area contributed by atoms with Gasteiger partial charge in [0.25, 0.3) is 0 Å². The smallest absolute Gasteiger partial charge is 0.742 e. The Morgan fingerprint density at radius 1 is 1.19 bits per heavy atom.